The highest BCUT2D eigenvalue weighted by Gasteiger charge is 2.15. The Kier molecular flexibility index (Phi) is 5.53. The summed E-state index contributed by atoms with van der Waals surface area (Å²) in [6.45, 7) is 1.98. The van der Waals surface area contributed by atoms with Crippen LogP contribution >= 0.6 is 11.8 Å². The van der Waals surface area contributed by atoms with E-state index in [4.69, 9.17) is 9.26 Å². The van der Waals surface area contributed by atoms with Crippen molar-refractivity contribution in [2.45, 2.75) is 17.8 Å². The van der Waals surface area contributed by atoms with Gasteiger partial charge in [-0.3, -0.25) is 9.36 Å². The van der Waals surface area contributed by atoms with E-state index in [9.17, 15) is 9.90 Å². The minimum atomic E-state index is -0.413. The second-order valence-electron chi connectivity index (χ2n) is 6.39. The molecule has 4 aromatic rings. The van der Waals surface area contributed by atoms with Crippen LogP contribution in [-0.4, -0.2) is 31.9 Å². The Hall–Kier alpha value is -3.59. The molecule has 2 heterocycles. The first kappa shape index (κ1) is 19.7. The average Bonchev–Trinajstić information content (AvgIpc) is 3.21. The number of benzene rings is 2. The van der Waals surface area contributed by atoms with Crippen molar-refractivity contribution in [3.8, 4) is 28.7 Å². The summed E-state index contributed by atoms with van der Waals surface area (Å²) in [5.74, 6) is 1.40. The number of aromatic nitrogens is 4. The zero-order valence-corrected chi connectivity index (χ0v) is 17.1. The molecule has 4 rings (SSSR count). The Morgan fingerprint density at radius 1 is 1.13 bits per heavy atom. The van der Waals surface area contributed by atoms with Crippen molar-refractivity contribution in [1.82, 2.24) is 19.7 Å². The SMILES string of the molecule is COc1cccc(-n2c(SCc3nc(-c4ccccc4C)no3)nc(O)cc2=O)c1. The molecule has 0 fully saturated rings. The fraction of sp³-hybridized carbons (Fsp3) is 0.143. The van der Waals surface area contributed by atoms with Gasteiger partial charge in [0.2, 0.25) is 17.6 Å². The van der Waals surface area contributed by atoms with E-state index in [1.807, 2.05) is 31.2 Å². The van der Waals surface area contributed by atoms with Crippen LogP contribution in [0.5, 0.6) is 11.6 Å². The second kappa shape index (κ2) is 8.42. The van der Waals surface area contributed by atoms with Crippen LogP contribution in [0.15, 0.2) is 69.1 Å². The number of aromatic hydroxyl groups is 1. The molecule has 1 N–H and O–H groups in total. The van der Waals surface area contributed by atoms with Gasteiger partial charge < -0.3 is 14.4 Å². The number of thioether (sulfide) groups is 1. The van der Waals surface area contributed by atoms with Crippen LogP contribution in [0.2, 0.25) is 0 Å². The zero-order valence-electron chi connectivity index (χ0n) is 16.3. The van der Waals surface area contributed by atoms with Crippen LogP contribution in [0, 0.1) is 6.92 Å². The minimum Gasteiger partial charge on any atom is -0.497 e. The molecule has 2 aromatic heterocycles. The van der Waals surface area contributed by atoms with Gasteiger partial charge in [0.25, 0.3) is 5.56 Å². The summed E-state index contributed by atoms with van der Waals surface area (Å²) < 4.78 is 12.0. The van der Waals surface area contributed by atoms with Gasteiger partial charge in [0.05, 0.1) is 24.6 Å². The van der Waals surface area contributed by atoms with Crippen LogP contribution in [0.4, 0.5) is 0 Å². The molecule has 2 aromatic carbocycles. The zero-order chi connectivity index (χ0) is 21.1. The maximum Gasteiger partial charge on any atom is 0.262 e. The van der Waals surface area contributed by atoms with Crippen LogP contribution < -0.4 is 10.3 Å². The highest BCUT2D eigenvalue weighted by Crippen LogP contribution is 2.26. The highest BCUT2D eigenvalue weighted by molar-refractivity contribution is 7.98. The molecule has 0 aliphatic carbocycles. The standard InChI is InChI=1S/C21H18N4O4S/c1-13-6-3-4-9-16(13)20-23-18(29-24-20)12-30-21-22-17(26)11-19(27)25(21)14-7-5-8-15(10-14)28-2/h3-11,26H,12H2,1-2H3. The van der Waals surface area contributed by atoms with Crippen LogP contribution in [-0.2, 0) is 5.75 Å². The van der Waals surface area contributed by atoms with Gasteiger partial charge in [0, 0.05) is 11.6 Å². The van der Waals surface area contributed by atoms with Crippen molar-refractivity contribution in [3.63, 3.8) is 0 Å². The fourth-order valence-electron chi connectivity index (χ4n) is 2.91. The lowest BCUT2D eigenvalue weighted by molar-refractivity contribution is 0.391. The largest absolute Gasteiger partial charge is 0.497 e. The van der Waals surface area contributed by atoms with Gasteiger partial charge in [-0.25, -0.2) is 0 Å². The molecule has 152 valence electrons. The van der Waals surface area contributed by atoms with Crippen molar-refractivity contribution in [2.75, 3.05) is 7.11 Å². The fourth-order valence-corrected chi connectivity index (χ4v) is 3.76. The van der Waals surface area contributed by atoms with E-state index in [0.29, 0.717) is 28.3 Å². The molecule has 0 amide bonds. The summed E-state index contributed by atoms with van der Waals surface area (Å²) in [6, 6.07) is 15.8. The maximum atomic E-state index is 12.6. The molecule has 0 atom stereocenters. The Morgan fingerprint density at radius 3 is 2.77 bits per heavy atom. The molecule has 0 bridgehead atoms. The molecule has 9 heteroatoms. The smallest absolute Gasteiger partial charge is 0.262 e. The van der Waals surface area contributed by atoms with E-state index in [-0.39, 0.29) is 11.6 Å². The number of methoxy groups -OCH3 is 1. The Labute approximate surface area is 176 Å². The van der Waals surface area contributed by atoms with E-state index in [0.717, 1.165) is 17.2 Å². The first-order valence-corrected chi connectivity index (χ1v) is 10.0. The van der Waals surface area contributed by atoms with E-state index >= 15 is 0 Å². The molecule has 0 saturated heterocycles. The van der Waals surface area contributed by atoms with E-state index in [1.165, 1.54) is 16.3 Å². The molecular weight excluding hydrogens is 404 g/mol. The molecular formula is C21H18N4O4S. The predicted molar refractivity (Wildman–Crippen MR) is 112 cm³/mol. The van der Waals surface area contributed by atoms with Crippen LogP contribution in [0.3, 0.4) is 0 Å². The van der Waals surface area contributed by atoms with Gasteiger partial charge in [0.15, 0.2) is 5.16 Å². The van der Waals surface area contributed by atoms with E-state index in [2.05, 4.69) is 15.1 Å². The van der Waals surface area contributed by atoms with Gasteiger partial charge in [0.1, 0.15) is 5.75 Å². The maximum absolute atomic E-state index is 12.6. The Bertz CT molecular complexity index is 1250. The Morgan fingerprint density at radius 2 is 1.97 bits per heavy atom. The van der Waals surface area contributed by atoms with Gasteiger partial charge >= 0.3 is 0 Å². The monoisotopic (exact) mass is 422 g/mol. The van der Waals surface area contributed by atoms with Crippen molar-refractivity contribution in [3.05, 3.63) is 76.4 Å². The highest BCUT2D eigenvalue weighted by atomic mass is 32.2. The van der Waals surface area contributed by atoms with Crippen molar-refractivity contribution < 1.29 is 14.4 Å². The topological polar surface area (TPSA) is 103 Å². The lowest BCUT2D eigenvalue weighted by Crippen LogP contribution is -2.20. The number of ether oxygens (including phenoxy) is 1. The average molecular weight is 422 g/mol. The quantitative estimate of drug-likeness (QED) is 0.371. The first-order valence-electron chi connectivity index (χ1n) is 9.04. The molecule has 0 unspecified atom stereocenters. The molecule has 0 aliphatic heterocycles. The number of hydrogen-bond donors (Lipinski definition) is 1. The number of hydrogen-bond acceptors (Lipinski definition) is 8. The molecule has 0 saturated carbocycles. The third-order valence-corrected chi connectivity index (χ3v) is 5.29. The predicted octanol–water partition coefficient (Wildman–Crippen LogP) is 3.60. The van der Waals surface area contributed by atoms with Crippen LogP contribution in [0.25, 0.3) is 17.1 Å². The molecule has 30 heavy (non-hydrogen) atoms. The third-order valence-electron chi connectivity index (χ3n) is 4.36. The van der Waals surface area contributed by atoms with Gasteiger partial charge in [-0.1, -0.05) is 47.3 Å². The second-order valence-corrected chi connectivity index (χ2v) is 7.33. The lowest BCUT2D eigenvalue weighted by atomic mass is 10.1. The first-order chi connectivity index (χ1) is 14.5. The third kappa shape index (κ3) is 4.06. The molecule has 0 spiro atoms. The number of rotatable bonds is 6. The summed E-state index contributed by atoms with van der Waals surface area (Å²) >= 11 is 1.20. The normalized spacial score (nSPS) is 10.9. The van der Waals surface area contributed by atoms with Gasteiger partial charge in [-0.05, 0) is 24.6 Å². The molecule has 0 radical (unpaired) electrons. The minimum absolute atomic E-state index is 0.277. The summed E-state index contributed by atoms with van der Waals surface area (Å²) in [5.41, 5.74) is 2.09. The van der Waals surface area contributed by atoms with Gasteiger partial charge in [-0.2, -0.15) is 9.97 Å². The van der Waals surface area contributed by atoms with Crippen molar-refractivity contribution in [2.24, 2.45) is 0 Å². The molecule has 0 aliphatic rings. The number of nitrogens with zero attached hydrogens (tertiary/aromatic N) is 4. The molecule has 8 nitrogen and oxygen atoms in total. The Balaban J connectivity index is 1.63. The summed E-state index contributed by atoms with van der Waals surface area (Å²) in [4.78, 5) is 21.1. The van der Waals surface area contributed by atoms with Crippen LogP contribution in [0.1, 0.15) is 11.5 Å². The van der Waals surface area contributed by atoms with E-state index < -0.39 is 5.56 Å². The number of aryl methyl sites for hydroxylation is 1. The van der Waals surface area contributed by atoms with Crippen molar-refractivity contribution >= 4 is 11.8 Å². The summed E-state index contributed by atoms with van der Waals surface area (Å²) in [5, 5.41) is 14.2. The van der Waals surface area contributed by atoms with Crippen molar-refractivity contribution in [1.29, 1.82) is 0 Å². The van der Waals surface area contributed by atoms with Gasteiger partial charge in [-0.15, -0.1) is 0 Å². The summed E-state index contributed by atoms with van der Waals surface area (Å²) in [7, 11) is 1.55. The van der Waals surface area contributed by atoms with E-state index in [1.54, 1.807) is 31.4 Å². The lowest BCUT2D eigenvalue weighted by Gasteiger charge is -2.12. The summed E-state index contributed by atoms with van der Waals surface area (Å²) in [6.07, 6.45) is 0.